The van der Waals surface area contributed by atoms with Crippen LogP contribution in [-0.4, -0.2) is 14.4 Å². The van der Waals surface area contributed by atoms with Gasteiger partial charge < -0.3 is 35.8 Å². The number of nitriles is 2. The molecule has 2 heterocycles. The Kier molecular flexibility index (Phi) is 9.16. The van der Waals surface area contributed by atoms with Gasteiger partial charge in [-0.2, -0.15) is 10.5 Å². The van der Waals surface area contributed by atoms with Gasteiger partial charge in [0.05, 0.1) is 28.8 Å². The summed E-state index contributed by atoms with van der Waals surface area (Å²) in [6, 6.07) is 16.9. The van der Waals surface area contributed by atoms with Gasteiger partial charge in [0.15, 0.2) is 0 Å². The number of para-hydroxylation sites is 2. The van der Waals surface area contributed by atoms with E-state index in [4.69, 9.17) is 20.5 Å². The first kappa shape index (κ1) is 27.3. The number of hydrogen-bond acceptors (Lipinski definition) is 7. The molecule has 0 aliphatic rings. The minimum Gasteiger partial charge on any atom is -0.770 e. The number of halogens is 1. The van der Waals surface area contributed by atoms with Crippen LogP contribution in [0.3, 0.4) is 0 Å². The van der Waals surface area contributed by atoms with Crippen molar-refractivity contribution in [3.63, 3.8) is 0 Å². The SMILES string of the molecule is CC(C)(C)c1nc2cc(F)c[c-]c2c2nc3ccccc3n12.N.N#CC([S-])=C([S-])C#N.[Ir+3]. The molecule has 32 heavy (non-hydrogen) atoms. The fourth-order valence-electron chi connectivity index (χ4n) is 2.90. The summed E-state index contributed by atoms with van der Waals surface area (Å²) in [4.78, 5) is 9.21. The Bertz CT molecular complexity index is 1370. The number of fused-ring (bicyclic) bond motifs is 5. The molecule has 0 fully saturated rings. The Morgan fingerprint density at radius 2 is 1.66 bits per heavy atom. The molecular formula is C22H18FIrN6S2. The predicted octanol–water partition coefficient (Wildman–Crippen LogP) is 4.77. The van der Waals surface area contributed by atoms with Crippen LogP contribution >= 0.6 is 0 Å². The molecule has 0 saturated carbocycles. The summed E-state index contributed by atoms with van der Waals surface area (Å²) in [6.45, 7) is 6.29. The molecule has 0 spiro atoms. The number of hydrogen-bond donors (Lipinski definition) is 1. The number of aromatic nitrogens is 3. The van der Waals surface area contributed by atoms with Gasteiger partial charge in [0.1, 0.15) is 5.82 Å². The van der Waals surface area contributed by atoms with Crippen LogP contribution in [0.4, 0.5) is 4.39 Å². The summed E-state index contributed by atoms with van der Waals surface area (Å²) >= 11 is 8.70. The molecule has 0 aliphatic heterocycles. The van der Waals surface area contributed by atoms with Gasteiger partial charge in [-0.05, 0) is 17.6 Å². The molecule has 0 amide bonds. The Morgan fingerprint density at radius 1 is 1.06 bits per heavy atom. The quantitative estimate of drug-likeness (QED) is 0.167. The molecular weight excluding hydrogens is 624 g/mol. The number of nitrogens with zero attached hydrogens (tertiary/aromatic N) is 5. The zero-order chi connectivity index (χ0) is 22.1. The average Bonchev–Trinajstić information content (AvgIpc) is 3.11. The molecule has 0 atom stereocenters. The molecule has 0 radical (unpaired) electrons. The maximum Gasteiger partial charge on any atom is 3.00 e. The minimum absolute atomic E-state index is 0. The summed E-state index contributed by atoms with van der Waals surface area (Å²) in [5.41, 5.74) is 3.08. The Morgan fingerprint density at radius 3 is 2.22 bits per heavy atom. The van der Waals surface area contributed by atoms with Gasteiger partial charge >= 0.3 is 20.1 Å². The molecule has 0 aliphatic carbocycles. The topological polar surface area (TPSA) is 113 Å². The van der Waals surface area contributed by atoms with Crippen LogP contribution in [0.15, 0.2) is 46.2 Å². The third kappa shape index (κ3) is 5.36. The minimum atomic E-state index is -0.333. The van der Waals surface area contributed by atoms with Gasteiger partial charge in [-0.3, -0.25) is 14.4 Å². The van der Waals surface area contributed by atoms with Crippen molar-refractivity contribution in [1.82, 2.24) is 20.5 Å². The van der Waals surface area contributed by atoms with Gasteiger partial charge in [0.25, 0.3) is 0 Å². The Balaban J connectivity index is 0.000000447. The van der Waals surface area contributed by atoms with E-state index in [1.165, 1.54) is 12.1 Å². The Hall–Kier alpha value is -2.72. The van der Waals surface area contributed by atoms with Crippen molar-refractivity contribution in [2.75, 3.05) is 0 Å². The fraction of sp³-hybridized carbons (Fsp3) is 0.182. The largest absolute Gasteiger partial charge is 3.00 e. The van der Waals surface area contributed by atoms with Crippen molar-refractivity contribution in [1.29, 1.82) is 10.5 Å². The Labute approximate surface area is 209 Å². The van der Waals surface area contributed by atoms with Crippen LogP contribution < -0.4 is 6.15 Å². The van der Waals surface area contributed by atoms with Crippen LogP contribution in [0.1, 0.15) is 26.6 Å². The van der Waals surface area contributed by atoms with Crippen LogP contribution in [0, 0.1) is 34.5 Å². The molecule has 0 bridgehead atoms. The number of rotatable bonds is 0. The summed E-state index contributed by atoms with van der Waals surface area (Å²) in [6.07, 6.45) is 0. The summed E-state index contributed by atoms with van der Waals surface area (Å²) < 4.78 is 15.6. The maximum atomic E-state index is 13.6. The average molecular weight is 642 g/mol. The summed E-state index contributed by atoms with van der Waals surface area (Å²) in [5.74, 6) is 0.531. The van der Waals surface area contributed by atoms with Crippen molar-refractivity contribution >= 4 is 52.8 Å². The smallest absolute Gasteiger partial charge is 0.770 e. The van der Waals surface area contributed by atoms with Gasteiger partial charge in [-0.15, -0.1) is 21.9 Å². The molecule has 4 rings (SSSR count). The second-order valence-corrected chi connectivity index (χ2v) is 8.22. The van der Waals surface area contributed by atoms with Crippen LogP contribution in [0.5, 0.6) is 0 Å². The van der Waals surface area contributed by atoms with E-state index in [2.05, 4.69) is 56.5 Å². The molecule has 4 aromatic rings. The first-order chi connectivity index (χ1) is 14.2. The number of benzene rings is 2. The van der Waals surface area contributed by atoms with Crippen LogP contribution in [0.2, 0.25) is 0 Å². The zero-order valence-electron chi connectivity index (χ0n) is 17.4. The van der Waals surface area contributed by atoms with Crippen molar-refractivity contribution in [2.24, 2.45) is 0 Å². The zero-order valence-corrected chi connectivity index (χ0v) is 21.5. The van der Waals surface area contributed by atoms with E-state index < -0.39 is 0 Å². The van der Waals surface area contributed by atoms with Gasteiger partial charge in [0, 0.05) is 11.2 Å². The summed E-state index contributed by atoms with van der Waals surface area (Å²) in [7, 11) is 0. The fourth-order valence-corrected chi connectivity index (χ4v) is 2.99. The molecule has 3 N–H and O–H groups in total. The van der Waals surface area contributed by atoms with Crippen molar-refractivity contribution in [2.45, 2.75) is 26.2 Å². The first-order valence-corrected chi connectivity index (χ1v) is 9.66. The molecule has 164 valence electrons. The molecule has 10 heteroatoms. The van der Waals surface area contributed by atoms with E-state index in [0.717, 1.165) is 27.9 Å². The summed E-state index contributed by atoms with van der Waals surface area (Å²) in [5, 5.41) is 16.8. The van der Waals surface area contributed by atoms with Gasteiger partial charge in [0.2, 0.25) is 0 Å². The predicted molar refractivity (Wildman–Crippen MR) is 123 cm³/mol. The first-order valence-electron chi connectivity index (χ1n) is 8.84. The van der Waals surface area contributed by atoms with Gasteiger partial charge in [-0.1, -0.05) is 44.4 Å². The van der Waals surface area contributed by atoms with E-state index in [0.29, 0.717) is 5.52 Å². The van der Waals surface area contributed by atoms with Gasteiger partial charge in [-0.25, -0.2) is 0 Å². The molecule has 0 unspecified atom stereocenters. The molecule has 0 saturated heterocycles. The monoisotopic (exact) mass is 642 g/mol. The molecule has 2 aromatic carbocycles. The van der Waals surface area contributed by atoms with E-state index in [9.17, 15) is 4.39 Å². The van der Waals surface area contributed by atoms with Crippen molar-refractivity contribution in [3.05, 3.63) is 63.9 Å². The molecule has 2 aromatic heterocycles. The third-order valence-electron chi connectivity index (χ3n) is 4.19. The second kappa shape index (κ2) is 10.7. The second-order valence-electron chi connectivity index (χ2n) is 7.40. The van der Waals surface area contributed by atoms with Crippen LogP contribution in [-0.2, 0) is 50.8 Å². The van der Waals surface area contributed by atoms with E-state index in [1.807, 2.05) is 24.3 Å². The normalized spacial score (nSPS) is 11.3. The van der Waals surface area contributed by atoms with E-state index in [1.54, 1.807) is 12.1 Å². The molecule has 6 nitrogen and oxygen atoms in total. The van der Waals surface area contributed by atoms with Crippen LogP contribution in [0.25, 0.3) is 27.6 Å². The third-order valence-corrected chi connectivity index (χ3v) is 4.91. The maximum absolute atomic E-state index is 13.6. The van der Waals surface area contributed by atoms with E-state index in [-0.39, 0.29) is 47.3 Å². The number of allylic oxidation sites excluding steroid dienone is 2. The van der Waals surface area contributed by atoms with Crippen molar-refractivity contribution < 1.29 is 24.5 Å². The standard InChI is InChI=1S/C18H15FN3.C4H2N2S2.Ir.H3N/c1-18(2,3)17-21-14-10-11(19)8-9-12(14)16-20-13-6-4-5-7-15(13)22(16)17;5-1-3(7)4(8)2-6;;/h4-8,10H,1-3H3;7-8H;;1H3/q-1;;+3;/p-2. The number of imidazole rings is 1. The van der Waals surface area contributed by atoms with E-state index >= 15 is 0 Å². The van der Waals surface area contributed by atoms with Crippen molar-refractivity contribution in [3.8, 4) is 12.1 Å².